The van der Waals surface area contributed by atoms with E-state index >= 15 is 0 Å². The molecule has 0 aliphatic rings. The Labute approximate surface area is 604 Å². The number of aromatic nitrogens is 3. The first-order valence-corrected chi connectivity index (χ1v) is 36.6. The molecule has 0 bridgehead atoms. The van der Waals surface area contributed by atoms with Crippen molar-refractivity contribution >= 4 is 65.8 Å². The van der Waals surface area contributed by atoms with Gasteiger partial charge in [-0.05, 0) is 125 Å². The van der Waals surface area contributed by atoms with E-state index in [2.05, 4.69) is 236 Å². The molecule has 100 heavy (non-hydrogen) atoms. The standard InChI is InChI=1S/3C31H30NO.Ir/c3*1-2-3-4-5-6-8-12-23-19-20-32-29(21-23)28-16-11-15-27-26-18-17-25(22-30(26)33-31(27)28)24-13-9-7-10-14-24;/h3*7,9-11,13-15,17-22H,2-6,8,12H2,1H3;/q3*-1;+3. The van der Waals surface area contributed by atoms with Crippen molar-refractivity contribution in [1.82, 2.24) is 15.0 Å². The molecular weight excluding hydrogens is 1400 g/mol. The molecule has 15 rings (SSSR count). The molecule has 504 valence electrons. The quantitative estimate of drug-likeness (QED) is 0.0377. The number of nitrogens with zero attached hydrogens (tertiary/aromatic N) is 3. The van der Waals surface area contributed by atoms with Gasteiger partial charge < -0.3 is 28.2 Å². The second kappa shape index (κ2) is 35.5. The first kappa shape index (κ1) is 70.3. The number of fused-ring (bicyclic) bond motifs is 9. The predicted octanol–water partition coefficient (Wildman–Crippen LogP) is 27.1. The van der Waals surface area contributed by atoms with Gasteiger partial charge in [-0.3, -0.25) is 0 Å². The molecule has 9 aromatic carbocycles. The van der Waals surface area contributed by atoms with E-state index in [9.17, 15) is 0 Å². The van der Waals surface area contributed by atoms with Crippen molar-refractivity contribution in [2.24, 2.45) is 0 Å². The summed E-state index contributed by atoms with van der Waals surface area (Å²) >= 11 is 0. The van der Waals surface area contributed by atoms with Crippen LogP contribution < -0.4 is 0 Å². The van der Waals surface area contributed by atoms with Crippen molar-refractivity contribution < 1.29 is 33.4 Å². The normalized spacial score (nSPS) is 11.3. The molecule has 0 aliphatic carbocycles. The summed E-state index contributed by atoms with van der Waals surface area (Å²) in [7, 11) is 0. The Hall–Kier alpha value is -9.52. The van der Waals surface area contributed by atoms with Crippen LogP contribution in [-0.2, 0) is 39.4 Å². The SMILES string of the molecule is CCCCCCCCc1ccnc(-c2[c-]ccc3c2oc2cc(-c4ccccc4)ccc23)c1.CCCCCCCCc1ccnc(-c2[c-]ccc3c2oc2cc(-c4ccccc4)ccc23)c1.CCCCCCCCc1ccnc(-c2[c-]ccc3c2oc2cc(-c4ccccc4)ccc23)c1.[Ir+3]. The van der Waals surface area contributed by atoms with E-state index in [4.69, 9.17) is 13.3 Å². The first-order valence-electron chi connectivity index (χ1n) is 36.6. The van der Waals surface area contributed by atoms with Crippen LogP contribution in [0.3, 0.4) is 0 Å². The summed E-state index contributed by atoms with van der Waals surface area (Å²) in [5, 5.41) is 6.72. The molecule has 6 aromatic heterocycles. The van der Waals surface area contributed by atoms with Gasteiger partial charge in [0.25, 0.3) is 0 Å². The van der Waals surface area contributed by atoms with Crippen LogP contribution in [0.4, 0.5) is 0 Å². The van der Waals surface area contributed by atoms with Gasteiger partial charge in [0.1, 0.15) is 16.7 Å². The zero-order valence-electron chi connectivity index (χ0n) is 58.3. The molecule has 0 saturated heterocycles. The minimum Gasteiger partial charge on any atom is -0.501 e. The minimum atomic E-state index is 0. The van der Waals surface area contributed by atoms with Crippen LogP contribution in [0.15, 0.2) is 250 Å². The van der Waals surface area contributed by atoms with Crippen LogP contribution in [0.1, 0.15) is 153 Å². The minimum absolute atomic E-state index is 0. The van der Waals surface area contributed by atoms with Gasteiger partial charge in [-0.15, -0.1) is 54.6 Å². The Balaban J connectivity index is 0.000000141. The summed E-state index contributed by atoms with van der Waals surface area (Å²) in [6.45, 7) is 6.79. The molecule has 0 amide bonds. The zero-order valence-corrected chi connectivity index (χ0v) is 60.7. The summed E-state index contributed by atoms with van der Waals surface area (Å²) in [4.78, 5) is 14.0. The second-order valence-corrected chi connectivity index (χ2v) is 26.5. The van der Waals surface area contributed by atoms with Gasteiger partial charge >= 0.3 is 20.1 Å². The summed E-state index contributed by atoms with van der Waals surface area (Å²) in [6.07, 6.45) is 32.6. The number of furan rings is 3. The van der Waals surface area contributed by atoms with E-state index in [0.717, 1.165) is 136 Å². The topological polar surface area (TPSA) is 78.1 Å². The number of benzene rings is 9. The maximum atomic E-state index is 6.40. The van der Waals surface area contributed by atoms with E-state index in [-0.39, 0.29) is 20.1 Å². The van der Waals surface area contributed by atoms with Crippen molar-refractivity contribution in [2.45, 2.75) is 156 Å². The van der Waals surface area contributed by atoms with Gasteiger partial charge in [-0.2, -0.15) is 0 Å². The molecule has 0 fully saturated rings. The maximum Gasteiger partial charge on any atom is 3.00 e. The predicted molar refractivity (Wildman–Crippen MR) is 415 cm³/mol. The molecule has 0 saturated carbocycles. The molecular formula is C93H90IrN3O3. The van der Waals surface area contributed by atoms with Crippen molar-refractivity contribution in [1.29, 1.82) is 0 Å². The Morgan fingerprint density at radius 1 is 0.270 bits per heavy atom. The number of rotatable bonds is 27. The van der Waals surface area contributed by atoms with Crippen molar-refractivity contribution in [3.63, 3.8) is 0 Å². The average molecular weight is 1490 g/mol. The molecule has 6 nitrogen and oxygen atoms in total. The van der Waals surface area contributed by atoms with Crippen LogP contribution >= 0.6 is 0 Å². The fourth-order valence-electron chi connectivity index (χ4n) is 13.9. The van der Waals surface area contributed by atoms with E-state index in [1.807, 2.05) is 55.0 Å². The molecule has 0 radical (unpaired) electrons. The van der Waals surface area contributed by atoms with Gasteiger partial charge in [-0.1, -0.05) is 312 Å². The number of aryl methyl sites for hydroxylation is 3. The zero-order chi connectivity index (χ0) is 67.4. The maximum absolute atomic E-state index is 6.40. The van der Waals surface area contributed by atoms with Crippen LogP contribution in [0.2, 0.25) is 0 Å². The number of unbranched alkanes of at least 4 members (excludes halogenated alkanes) is 15. The van der Waals surface area contributed by atoms with E-state index in [1.165, 1.54) is 149 Å². The third-order valence-corrected chi connectivity index (χ3v) is 19.3. The summed E-state index contributed by atoms with van der Waals surface area (Å²) in [6, 6.07) is 86.1. The second-order valence-electron chi connectivity index (χ2n) is 26.5. The summed E-state index contributed by atoms with van der Waals surface area (Å²) < 4.78 is 19.2. The van der Waals surface area contributed by atoms with Gasteiger partial charge in [0.15, 0.2) is 0 Å². The largest absolute Gasteiger partial charge is 3.00 e. The number of hydrogen-bond donors (Lipinski definition) is 0. The average Bonchev–Trinajstić information content (AvgIpc) is 1.62. The van der Waals surface area contributed by atoms with Crippen LogP contribution in [0, 0.1) is 18.2 Å². The molecule has 7 heteroatoms. The van der Waals surface area contributed by atoms with Crippen LogP contribution in [0.5, 0.6) is 0 Å². The fourth-order valence-corrected chi connectivity index (χ4v) is 13.9. The Bertz CT molecular complexity index is 4560. The third kappa shape index (κ3) is 17.4. The van der Waals surface area contributed by atoms with E-state index in [0.29, 0.717) is 0 Å². The Morgan fingerprint density at radius 2 is 0.550 bits per heavy atom. The Kier molecular flexibility index (Phi) is 25.0. The van der Waals surface area contributed by atoms with E-state index in [1.54, 1.807) is 0 Å². The molecule has 0 N–H and O–H groups in total. The van der Waals surface area contributed by atoms with Crippen molar-refractivity contribution in [3.8, 4) is 67.2 Å². The summed E-state index contributed by atoms with van der Waals surface area (Å²) in [5.41, 5.74) is 22.0. The molecule has 0 spiro atoms. The molecule has 0 aliphatic heterocycles. The molecule has 0 unspecified atom stereocenters. The van der Waals surface area contributed by atoms with Crippen LogP contribution in [-0.4, -0.2) is 15.0 Å². The van der Waals surface area contributed by atoms with Gasteiger partial charge in [0.2, 0.25) is 0 Å². The monoisotopic (exact) mass is 1490 g/mol. The van der Waals surface area contributed by atoms with E-state index < -0.39 is 0 Å². The number of hydrogen-bond acceptors (Lipinski definition) is 6. The van der Waals surface area contributed by atoms with Crippen molar-refractivity contribution in [3.05, 3.63) is 272 Å². The molecule has 6 heterocycles. The van der Waals surface area contributed by atoms with Gasteiger partial charge in [0.05, 0.1) is 16.7 Å². The van der Waals surface area contributed by atoms with Gasteiger partial charge in [0, 0.05) is 34.7 Å². The molecule has 15 aromatic rings. The smallest absolute Gasteiger partial charge is 0.501 e. The Morgan fingerprint density at radius 3 is 0.840 bits per heavy atom. The summed E-state index contributed by atoms with van der Waals surface area (Å²) in [5.74, 6) is 0. The van der Waals surface area contributed by atoms with Gasteiger partial charge in [-0.25, -0.2) is 0 Å². The van der Waals surface area contributed by atoms with Crippen LogP contribution in [0.25, 0.3) is 133 Å². The fraction of sp³-hybridized carbons (Fsp3) is 0.258. The molecule has 0 atom stereocenters. The van der Waals surface area contributed by atoms with Crippen molar-refractivity contribution in [2.75, 3.05) is 0 Å². The first-order chi connectivity index (χ1) is 49.0. The third-order valence-electron chi connectivity index (χ3n) is 19.3. The number of pyridine rings is 3.